The number of carbonyl (C=O) groups is 1. The largest absolute Gasteiger partial charge is 0.478 e. The average molecular weight is 258 g/mol. The number of rotatable bonds is 1. The van der Waals surface area contributed by atoms with E-state index in [-0.39, 0.29) is 27.2 Å². The van der Waals surface area contributed by atoms with Gasteiger partial charge in [0.1, 0.15) is 0 Å². The molecule has 0 radical (unpaired) electrons. The molecule has 0 spiro atoms. The number of hydrogen-bond acceptors (Lipinski definition) is 2. The van der Waals surface area contributed by atoms with Gasteiger partial charge in [0, 0.05) is 11.5 Å². The Hall–Kier alpha value is -1.75. The number of fused-ring (bicyclic) bond motifs is 1. The minimum absolute atomic E-state index is 0.0774. The Balaban J connectivity index is 2.92. The number of pyridine rings is 1. The molecule has 0 saturated carbocycles. The van der Waals surface area contributed by atoms with Gasteiger partial charge in [-0.15, -0.1) is 0 Å². The van der Waals surface area contributed by atoms with E-state index in [1.165, 1.54) is 6.92 Å². The molecule has 0 aliphatic heterocycles. The molecule has 0 amide bonds. The van der Waals surface area contributed by atoms with Crippen molar-refractivity contribution in [2.45, 2.75) is 6.92 Å². The first-order chi connectivity index (χ1) is 7.91. The van der Waals surface area contributed by atoms with Gasteiger partial charge in [0.05, 0.1) is 21.8 Å². The molecule has 0 fully saturated rings. The van der Waals surface area contributed by atoms with E-state index in [4.69, 9.17) is 16.7 Å². The van der Waals surface area contributed by atoms with E-state index < -0.39 is 17.6 Å². The molecular formula is C11H6ClF2NO2. The summed E-state index contributed by atoms with van der Waals surface area (Å²) in [6, 6.07) is 1.72. The van der Waals surface area contributed by atoms with Gasteiger partial charge in [-0.25, -0.2) is 13.6 Å². The predicted molar refractivity (Wildman–Crippen MR) is 58.4 cm³/mol. The lowest BCUT2D eigenvalue weighted by molar-refractivity contribution is 0.0696. The van der Waals surface area contributed by atoms with Crippen LogP contribution in [0.25, 0.3) is 10.9 Å². The van der Waals surface area contributed by atoms with Crippen molar-refractivity contribution in [3.8, 4) is 0 Å². The highest BCUT2D eigenvalue weighted by Gasteiger charge is 2.18. The molecule has 2 rings (SSSR count). The Morgan fingerprint density at radius 2 is 1.94 bits per heavy atom. The topological polar surface area (TPSA) is 50.2 Å². The van der Waals surface area contributed by atoms with Crippen LogP contribution in [0.2, 0.25) is 5.02 Å². The van der Waals surface area contributed by atoms with Crippen molar-refractivity contribution in [1.82, 2.24) is 4.98 Å². The summed E-state index contributed by atoms with van der Waals surface area (Å²) in [5, 5.41) is 8.88. The summed E-state index contributed by atoms with van der Waals surface area (Å²) in [6.07, 6.45) is 0. The maximum atomic E-state index is 13.1. The number of carboxylic acid groups (broad SMARTS) is 1. The van der Waals surface area contributed by atoms with Crippen molar-refractivity contribution in [2.24, 2.45) is 0 Å². The van der Waals surface area contributed by atoms with Crippen LogP contribution in [0.1, 0.15) is 16.1 Å². The summed E-state index contributed by atoms with van der Waals surface area (Å²) in [6.45, 7) is 1.44. The Morgan fingerprint density at radius 1 is 1.35 bits per heavy atom. The van der Waals surface area contributed by atoms with Crippen LogP contribution in [0, 0.1) is 18.6 Å². The molecule has 0 unspecified atom stereocenters. The van der Waals surface area contributed by atoms with Crippen LogP contribution in [0.3, 0.4) is 0 Å². The molecule has 17 heavy (non-hydrogen) atoms. The van der Waals surface area contributed by atoms with Crippen LogP contribution in [-0.4, -0.2) is 16.1 Å². The van der Waals surface area contributed by atoms with Gasteiger partial charge in [-0.05, 0) is 13.0 Å². The zero-order valence-corrected chi connectivity index (χ0v) is 9.35. The fraction of sp³-hybridized carbons (Fsp3) is 0.0909. The fourth-order valence-corrected chi connectivity index (χ4v) is 1.95. The standard InChI is InChI=1S/C11H6ClF2NO2/c1-4-9(11(16)17)10(12)5-2-6(13)7(14)3-8(5)15-4/h2-3H,1H3,(H,16,17). The van der Waals surface area contributed by atoms with E-state index in [0.29, 0.717) is 0 Å². The van der Waals surface area contributed by atoms with E-state index >= 15 is 0 Å². The van der Waals surface area contributed by atoms with E-state index in [1.54, 1.807) is 0 Å². The normalized spacial score (nSPS) is 10.8. The number of aromatic carboxylic acids is 1. The van der Waals surface area contributed by atoms with Crippen molar-refractivity contribution >= 4 is 28.5 Å². The number of benzene rings is 1. The number of nitrogens with zero attached hydrogens (tertiary/aromatic N) is 1. The lowest BCUT2D eigenvalue weighted by atomic mass is 10.1. The molecule has 88 valence electrons. The van der Waals surface area contributed by atoms with Crippen LogP contribution in [-0.2, 0) is 0 Å². The van der Waals surface area contributed by atoms with Crippen LogP contribution in [0.4, 0.5) is 8.78 Å². The molecule has 2 aromatic rings. The summed E-state index contributed by atoms with van der Waals surface area (Å²) < 4.78 is 26.0. The van der Waals surface area contributed by atoms with E-state index in [2.05, 4.69) is 4.98 Å². The Morgan fingerprint density at radius 3 is 2.53 bits per heavy atom. The molecule has 0 saturated heterocycles. The summed E-state index contributed by atoms with van der Waals surface area (Å²) in [4.78, 5) is 14.8. The molecule has 0 atom stereocenters. The summed E-state index contributed by atoms with van der Waals surface area (Å²) in [5.41, 5.74) is 0.0718. The van der Waals surface area contributed by atoms with Gasteiger partial charge in [-0.2, -0.15) is 0 Å². The third-order valence-electron chi connectivity index (χ3n) is 2.36. The van der Waals surface area contributed by atoms with Crippen LogP contribution >= 0.6 is 11.6 Å². The molecule has 0 aliphatic rings. The third-order valence-corrected chi connectivity index (χ3v) is 2.75. The van der Waals surface area contributed by atoms with Crippen molar-refractivity contribution in [1.29, 1.82) is 0 Å². The fourth-order valence-electron chi connectivity index (χ4n) is 1.58. The maximum absolute atomic E-state index is 13.1. The minimum atomic E-state index is -1.26. The second kappa shape index (κ2) is 3.92. The molecule has 1 aromatic heterocycles. The number of carboxylic acids is 1. The zero-order chi connectivity index (χ0) is 12.7. The van der Waals surface area contributed by atoms with Crippen LogP contribution in [0.5, 0.6) is 0 Å². The molecule has 1 heterocycles. The number of aryl methyl sites for hydroxylation is 1. The van der Waals surface area contributed by atoms with Crippen molar-refractivity contribution < 1.29 is 18.7 Å². The molecule has 3 nitrogen and oxygen atoms in total. The zero-order valence-electron chi connectivity index (χ0n) is 8.59. The predicted octanol–water partition coefficient (Wildman–Crippen LogP) is 3.17. The van der Waals surface area contributed by atoms with Crippen molar-refractivity contribution in [3.63, 3.8) is 0 Å². The van der Waals surface area contributed by atoms with Crippen LogP contribution in [0.15, 0.2) is 12.1 Å². The molecule has 1 N–H and O–H groups in total. The summed E-state index contributed by atoms with van der Waals surface area (Å²) >= 11 is 5.86. The molecule has 1 aromatic carbocycles. The van der Waals surface area contributed by atoms with E-state index in [0.717, 1.165) is 12.1 Å². The lowest BCUT2D eigenvalue weighted by Crippen LogP contribution is -2.04. The highest BCUT2D eigenvalue weighted by molar-refractivity contribution is 6.38. The molecule has 0 aliphatic carbocycles. The van der Waals surface area contributed by atoms with Gasteiger partial charge in [0.25, 0.3) is 0 Å². The van der Waals surface area contributed by atoms with Gasteiger partial charge in [0.2, 0.25) is 0 Å². The molecule has 0 bridgehead atoms. The SMILES string of the molecule is Cc1nc2cc(F)c(F)cc2c(Cl)c1C(=O)O. The molecular weight excluding hydrogens is 252 g/mol. The first-order valence-corrected chi connectivity index (χ1v) is 4.97. The highest BCUT2D eigenvalue weighted by Crippen LogP contribution is 2.29. The summed E-state index contributed by atoms with van der Waals surface area (Å²) in [7, 11) is 0. The average Bonchev–Trinajstić information content (AvgIpc) is 2.21. The molecule has 6 heteroatoms. The van der Waals surface area contributed by atoms with Crippen molar-refractivity contribution in [2.75, 3.05) is 0 Å². The third kappa shape index (κ3) is 1.82. The van der Waals surface area contributed by atoms with Gasteiger partial charge < -0.3 is 5.11 Å². The quantitative estimate of drug-likeness (QED) is 0.854. The second-order valence-corrected chi connectivity index (χ2v) is 3.85. The van der Waals surface area contributed by atoms with Gasteiger partial charge in [0.15, 0.2) is 11.6 Å². The van der Waals surface area contributed by atoms with E-state index in [9.17, 15) is 13.6 Å². The maximum Gasteiger partial charge on any atom is 0.339 e. The Labute approximate surface area is 99.7 Å². The van der Waals surface area contributed by atoms with Gasteiger partial charge in [-0.3, -0.25) is 4.98 Å². The lowest BCUT2D eigenvalue weighted by Gasteiger charge is -2.07. The van der Waals surface area contributed by atoms with E-state index in [1.807, 2.05) is 0 Å². The Kier molecular flexibility index (Phi) is 2.71. The van der Waals surface area contributed by atoms with Crippen molar-refractivity contribution in [3.05, 3.63) is 40.0 Å². The smallest absolute Gasteiger partial charge is 0.339 e. The highest BCUT2D eigenvalue weighted by atomic mass is 35.5. The summed E-state index contributed by atoms with van der Waals surface area (Å²) in [5.74, 6) is -3.41. The number of hydrogen-bond donors (Lipinski definition) is 1. The van der Waals surface area contributed by atoms with Gasteiger partial charge >= 0.3 is 5.97 Å². The number of aromatic nitrogens is 1. The first-order valence-electron chi connectivity index (χ1n) is 4.60. The number of halogens is 3. The minimum Gasteiger partial charge on any atom is -0.478 e. The van der Waals surface area contributed by atoms with Crippen LogP contribution < -0.4 is 0 Å². The first kappa shape index (κ1) is 11.7. The Bertz CT molecular complexity index is 643. The van der Waals surface area contributed by atoms with Gasteiger partial charge in [-0.1, -0.05) is 11.6 Å². The second-order valence-electron chi connectivity index (χ2n) is 3.47. The monoisotopic (exact) mass is 257 g/mol.